The predicted molar refractivity (Wildman–Crippen MR) is 80.2 cm³/mol. The number of methoxy groups -OCH3 is 1. The van der Waals surface area contributed by atoms with E-state index < -0.39 is 18.3 Å². The van der Waals surface area contributed by atoms with Crippen LogP contribution in [0.25, 0.3) is 0 Å². The van der Waals surface area contributed by atoms with E-state index in [-0.39, 0.29) is 12.6 Å². The third kappa shape index (κ3) is 5.81. The number of ether oxygens (including phenoxy) is 2. The standard InChI is InChI=1S/C15H31NO5/c1-3-21-9-7-5-4-6-8-16-10-13(18)15(20-2)14(19)12(16)11-17/h12-15,17-19H,3-11H2,1-2H3/t12-,13+,14-,15-/m1/s1. The zero-order chi connectivity index (χ0) is 15.7. The highest BCUT2D eigenvalue weighted by atomic mass is 16.5. The van der Waals surface area contributed by atoms with Gasteiger partial charge in [-0.2, -0.15) is 0 Å². The minimum Gasteiger partial charge on any atom is -0.395 e. The van der Waals surface area contributed by atoms with Crippen LogP contribution >= 0.6 is 0 Å². The summed E-state index contributed by atoms with van der Waals surface area (Å²) in [4.78, 5) is 1.97. The summed E-state index contributed by atoms with van der Waals surface area (Å²) < 4.78 is 10.4. The fourth-order valence-electron chi connectivity index (χ4n) is 2.94. The maximum absolute atomic E-state index is 10.2. The molecule has 1 saturated heterocycles. The molecule has 1 heterocycles. The van der Waals surface area contributed by atoms with Gasteiger partial charge in [0.25, 0.3) is 0 Å². The first-order chi connectivity index (χ1) is 10.2. The zero-order valence-electron chi connectivity index (χ0n) is 13.3. The molecule has 0 aromatic rings. The fourth-order valence-corrected chi connectivity index (χ4v) is 2.94. The number of aliphatic hydroxyl groups excluding tert-OH is 3. The van der Waals surface area contributed by atoms with Gasteiger partial charge in [-0.1, -0.05) is 12.8 Å². The van der Waals surface area contributed by atoms with E-state index in [4.69, 9.17) is 9.47 Å². The molecule has 0 saturated carbocycles. The van der Waals surface area contributed by atoms with Crippen molar-refractivity contribution in [1.29, 1.82) is 0 Å². The van der Waals surface area contributed by atoms with Crippen LogP contribution in [0.1, 0.15) is 32.6 Å². The summed E-state index contributed by atoms with van der Waals surface area (Å²) in [5.41, 5.74) is 0. The lowest BCUT2D eigenvalue weighted by Gasteiger charge is -2.44. The Labute approximate surface area is 127 Å². The largest absolute Gasteiger partial charge is 0.395 e. The Morgan fingerprint density at radius 3 is 2.48 bits per heavy atom. The van der Waals surface area contributed by atoms with Crippen LogP contribution in [0.5, 0.6) is 0 Å². The van der Waals surface area contributed by atoms with Gasteiger partial charge in [0, 0.05) is 26.9 Å². The van der Waals surface area contributed by atoms with Crippen molar-refractivity contribution in [2.24, 2.45) is 0 Å². The topological polar surface area (TPSA) is 82.4 Å². The van der Waals surface area contributed by atoms with E-state index in [1.807, 2.05) is 11.8 Å². The quantitative estimate of drug-likeness (QED) is 0.493. The van der Waals surface area contributed by atoms with Crippen molar-refractivity contribution >= 4 is 0 Å². The molecule has 0 aromatic heterocycles. The summed E-state index contributed by atoms with van der Waals surface area (Å²) >= 11 is 0. The summed E-state index contributed by atoms with van der Waals surface area (Å²) in [7, 11) is 1.47. The summed E-state index contributed by atoms with van der Waals surface area (Å²) in [6.45, 7) is 4.65. The molecule has 1 aliphatic heterocycles. The second-order valence-electron chi connectivity index (χ2n) is 5.61. The number of piperidine rings is 1. The summed E-state index contributed by atoms with van der Waals surface area (Å²) in [5.74, 6) is 0. The fraction of sp³-hybridized carbons (Fsp3) is 1.00. The maximum atomic E-state index is 10.2. The summed E-state index contributed by atoms with van der Waals surface area (Å²) in [5, 5.41) is 29.6. The number of nitrogens with zero attached hydrogens (tertiary/aromatic N) is 1. The molecule has 21 heavy (non-hydrogen) atoms. The SMILES string of the molecule is CCOCCCCCCN1C[C@H](O)[C@@H](OC)[C@H](O)[C@H]1CO. The van der Waals surface area contributed by atoms with Gasteiger partial charge in [0.15, 0.2) is 0 Å². The number of likely N-dealkylation sites (tertiary alicyclic amines) is 1. The molecule has 0 aliphatic carbocycles. The van der Waals surface area contributed by atoms with E-state index in [2.05, 4.69) is 0 Å². The van der Waals surface area contributed by atoms with Gasteiger partial charge in [0.1, 0.15) is 12.2 Å². The molecule has 1 fully saturated rings. The third-order valence-corrected chi connectivity index (χ3v) is 4.15. The number of rotatable bonds is 10. The predicted octanol–water partition coefficient (Wildman–Crippen LogP) is -0.00340. The van der Waals surface area contributed by atoms with Gasteiger partial charge in [-0.3, -0.25) is 4.90 Å². The molecule has 6 heteroatoms. The molecular weight excluding hydrogens is 274 g/mol. The molecule has 0 amide bonds. The van der Waals surface area contributed by atoms with E-state index in [0.29, 0.717) is 6.54 Å². The first-order valence-corrected chi connectivity index (χ1v) is 7.97. The van der Waals surface area contributed by atoms with Crippen LogP contribution in [0, 0.1) is 0 Å². The van der Waals surface area contributed by atoms with Gasteiger partial charge >= 0.3 is 0 Å². The highest BCUT2D eigenvalue weighted by Gasteiger charge is 2.41. The van der Waals surface area contributed by atoms with Crippen LogP contribution < -0.4 is 0 Å². The number of hydrogen-bond acceptors (Lipinski definition) is 6. The van der Waals surface area contributed by atoms with Crippen LogP contribution in [-0.2, 0) is 9.47 Å². The van der Waals surface area contributed by atoms with E-state index in [9.17, 15) is 15.3 Å². The van der Waals surface area contributed by atoms with Gasteiger partial charge in [-0.25, -0.2) is 0 Å². The zero-order valence-corrected chi connectivity index (χ0v) is 13.3. The second-order valence-corrected chi connectivity index (χ2v) is 5.61. The normalized spacial score (nSPS) is 30.7. The maximum Gasteiger partial charge on any atom is 0.112 e. The highest BCUT2D eigenvalue weighted by molar-refractivity contribution is 4.94. The Morgan fingerprint density at radius 1 is 1.14 bits per heavy atom. The molecular formula is C15H31NO5. The van der Waals surface area contributed by atoms with Gasteiger partial charge in [0.2, 0.25) is 0 Å². The summed E-state index contributed by atoms with van der Waals surface area (Å²) in [6, 6.07) is -0.359. The molecule has 3 N–H and O–H groups in total. The van der Waals surface area contributed by atoms with Crippen LogP contribution in [0.2, 0.25) is 0 Å². The van der Waals surface area contributed by atoms with Crippen molar-refractivity contribution in [3.63, 3.8) is 0 Å². The van der Waals surface area contributed by atoms with Crippen molar-refractivity contribution in [1.82, 2.24) is 4.90 Å². The van der Waals surface area contributed by atoms with Crippen LogP contribution in [0.15, 0.2) is 0 Å². The first-order valence-electron chi connectivity index (χ1n) is 7.97. The van der Waals surface area contributed by atoms with Gasteiger partial charge in [-0.15, -0.1) is 0 Å². The number of aliphatic hydroxyl groups is 3. The molecule has 4 atom stereocenters. The van der Waals surface area contributed by atoms with Crippen LogP contribution in [-0.4, -0.2) is 84.6 Å². The lowest BCUT2D eigenvalue weighted by Crippen LogP contribution is -2.63. The second kappa shape index (κ2) is 10.5. The smallest absolute Gasteiger partial charge is 0.112 e. The first kappa shape index (κ1) is 18.8. The van der Waals surface area contributed by atoms with Gasteiger partial charge in [-0.05, 0) is 26.3 Å². The molecule has 0 bridgehead atoms. The number of unbranched alkanes of at least 4 members (excludes halogenated alkanes) is 3. The lowest BCUT2D eigenvalue weighted by atomic mass is 9.93. The Hall–Kier alpha value is -0.240. The number of β-amino-alcohol motifs (C(OH)–C–C–N with tert-alkyl or cyclic N) is 1. The molecule has 0 radical (unpaired) electrons. The van der Waals surface area contributed by atoms with Crippen molar-refractivity contribution < 1.29 is 24.8 Å². The van der Waals surface area contributed by atoms with E-state index in [1.165, 1.54) is 7.11 Å². The van der Waals surface area contributed by atoms with E-state index >= 15 is 0 Å². The monoisotopic (exact) mass is 305 g/mol. The molecule has 0 unspecified atom stereocenters. The minimum atomic E-state index is -0.860. The van der Waals surface area contributed by atoms with Gasteiger partial charge < -0.3 is 24.8 Å². The number of hydrogen-bond donors (Lipinski definition) is 3. The van der Waals surface area contributed by atoms with Crippen LogP contribution in [0.3, 0.4) is 0 Å². The van der Waals surface area contributed by atoms with Gasteiger partial charge in [0.05, 0.1) is 18.8 Å². The molecule has 1 aliphatic rings. The average Bonchev–Trinajstić information content (AvgIpc) is 2.46. The van der Waals surface area contributed by atoms with E-state index in [0.717, 1.165) is 45.4 Å². The van der Waals surface area contributed by atoms with Crippen molar-refractivity contribution in [2.75, 3.05) is 40.0 Å². The highest BCUT2D eigenvalue weighted by Crippen LogP contribution is 2.21. The molecule has 6 nitrogen and oxygen atoms in total. The summed E-state index contributed by atoms with van der Waals surface area (Å²) in [6.07, 6.45) is 2.05. The Morgan fingerprint density at radius 2 is 1.86 bits per heavy atom. The molecule has 0 spiro atoms. The Kier molecular flexibility index (Phi) is 9.39. The van der Waals surface area contributed by atoms with Crippen molar-refractivity contribution in [3.05, 3.63) is 0 Å². The van der Waals surface area contributed by atoms with Crippen molar-refractivity contribution in [3.8, 4) is 0 Å². The van der Waals surface area contributed by atoms with Crippen LogP contribution in [0.4, 0.5) is 0 Å². The third-order valence-electron chi connectivity index (χ3n) is 4.15. The lowest BCUT2D eigenvalue weighted by molar-refractivity contribution is -0.157. The molecule has 1 rings (SSSR count). The average molecular weight is 305 g/mol. The Bertz CT molecular complexity index is 266. The van der Waals surface area contributed by atoms with Crippen molar-refractivity contribution in [2.45, 2.75) is 57.0 Å². The Balaban J connectivity index is 2.29. The minimum absolute atomic E-state index is 0.127. The van der Waals surface area contributed by atoms with E-state index in [1.54, 1.807) is 0 Å². The molecule has 126 valence electrons. The molecule has 0 aromatic carbocycles.